The molecular formula is C15H20N2O5. The Morgan fingerprint density at radius 1 is 1.14 bits per heavy atom. The highest BCUT2D eigenvalue weighted by atomic mass is 16.5. The van der Waals surface area contributed by atoms with Crippen LogP contribution in [0, 0.1) is 0 Å². The summed E-state index contributed by atoms with van der Waals surface area (Å²) in [6.45, 7) is 1.39. The Kier molecular flexibility index (Phi) is 6.88. The highest BCUT2D eigenvalue weighted by molar-refractivity contribution is 5.94. The number of anilines is 2. The third-order valence-corrected chi connectivity index (χ3v) is 2.84. The van der Waals surface area contributed by atoms with Crippen molar-refractivity contribution in [2.24, 2.45) is 0 Å². The largest absolute Gasteiger partial charge is 0.495 e. The molecule has 0 radical (unpaired) electrons. The highest BCUT2D eigenvalue weighted by Gasteiger charge is 2.09. The number of unbranched alkanes of at least 4 members (excludes halogenated alkanes) is 1. The maximum Gasteiger partial charge on any atom is 0.303 e. The second-order valence-corrected chi connectivity index (χ2v) is 4.75. The van der Waals surface area contributed by atoms with E-state index in [2.05, 4.69) is 10.6 Å². The molecule has 0 unspecified atom stereocenters. The van der Waals surface area contributed by atoms with Crippen LogP contribution in [0.15, 0.2) is 18.2 Å². The van der Waals surface area contributed by atoms with Gasteiger partial charge in [0.05, 0.1) is 12.8 Å². The SMILES string of the molecule is COc1ccc(NC(C)=O)cc1NC(=O)CCCCC(=O)O. The summed E-state index contributed by atoms with van der Waals surface area (Å²) in [5.41, 5.74) is 1.01. The van der Waals surface area contributed by atoms with E-state index in [-0.39, 0.29) is 24.7 Å². The van der Waals surface area contributed by atoms with E-state index in [1.165, 1.54) is 14.0 Å². The van der Waals surface area contributed by atoms with Crippen LogP contribution in [0.1, 0.15) is 32.6 Å². The summed E-state index contributed by atoms with van der Waals surface area (Å²) in [6.07, 6.45) is 1.22. The number of benzene rings is 1. The second-order valence-electron chi connectivity index (χ2n) is 4.75. The van der Waals surface area contributed by atoms with E-state index in [0.29, 0.717) is 30.0 Å². The molecule has 0 aliphatic carbocycles. The first-order valence-electron chi connectivity index (χ1n) is 6.89. The second kappa shape index (κ2) is 8.66. The Morgan fingerprint density at radius 3 is 2.41 bits per heavy atom. The van der Waals surface area contributed by atoms with Crippen molar-refractivity contribution in [1.29, 1.82) is 0 Å². The third-order valence-electron chi connectivity index (χ3n) is 2.84. The molecule has 0 fully saturated rings. The topological polar surface area (TPSA) is 105 Å². The summed E-state index contributed by atoms with van der Waals surface area (Å²) < 4.78 is 5.16. The monoisotopic (exact) mass is 308 g/mol. The predicted molar refractivity (Wildman–Crippen MR) is 82.0 cm³/mol. The molecule has 0 saturated carbocycles. The van der Waals surface area contributed by atoms with Gasteiger partial charge in [0, 0.05) is 25.5 Å². The van der Waals surface area contributed by atoms with Crippen molar-refractivity contribution < 1.29 is 24.2 Å². The molecule has 2 amide bonds. The van der Waals surface area contributed by atoms with Gasteiger partial charge >= 0.3 is 5.97 Å². The minimum absolute atomic E-state index is 0.0502. The van der Waals surface area contributed by atoms with Crippen molar-refractivity contribution in [3.63, 3.8) is 0 Å². The van der Waals surface area contributed by atoms with Gasteiger partial charge in [-0.15, -0.1) is 0 Å². The molecule has 0 atom stereocenters. The van der Waals surface area contributed by atoms with Gasteiger partial charge in [0.25, 0.3) is 0 Å². The number of ether oxygens (including phenoxy) is 1. The molecule has 0 heterocycles. The number of methoxy groups -OCH3 is 1. The first kappa shape index (κ1) is 17.5. The van der Waals surface area contributed by atoms with Gasteiger partial charge in [0.1, 0.15) is 5.75 Å². The molecule has 0 aliphatic heterocycles. The van der Waals surface area contributed by atoms with Crippen LogP contribution in [0.3, 0.4) is 0 Å². The van der Waals surface area contributed by atoms with Gasteiger partial charge in [-0.25, -0.2) is 0 Å². The van der Waals surface area contributed by atoms with Crippen LogP contribution < -0.4 is 15.4 Å². The number of carboxylic acid groups (broad SMARTS) is 1. The van der Waals surface area contributed by atoms with Crippen molar-refractivity contribution >= 4 is 29.2 Å². The van der Waals surface area contributed by atoms with Gasteiger partial charge in [-0.05, 0) is 31.0 Å². The van der Waals surface area contributed by atoms with Crippen LogP contribution in [0.4, 0.5) is 11.4 Å². The maximum atomic E-state index is 11.9. The lowest BCUT2D eigenvalue weighted by atomic mass is 10.2. The van der Waals surface area contributed by atoms with E-state index in [1.807, 2.05) is 0 Å². The molecule has 22 heavy (non-hydrogen) atoms. The van der Waals surface area contributed by atoms with Gasteiger partial charge in [-0.1, -0.05) is 0 Å². The van der Waals surface area contributed by atoms with Crippen molar-refractivity contribution in [1.82, 2.24) is 0 Å². The highest BCUT2D eigenvalue weighted by Crippen LogP contribution is 2.28. The molecule has 1 rings (SSSR count). The number of carboxylic acids is 1. The van der Waals surface area contributed by atoms with Crippen LogP contribution in [0.25, 0.3) is 0 Å². The van der Waals surface area contributed by atoms with Crippen LogP contribution in [-0.4, -0.2) is 30.0 Å². The summed E-state index contributed by atoms with van der Waals surface area (Å²) >= 11 is 0. The number of rotatable bonds is 8. The molecule has 0 aliphatic rings. The predicted octanol–water partition coefficient (Wildman–Crippen LogP) is 2.24. The van der Waals surface area contributed by atoms with E-state index in [0.717, 1.165) is 0 Å². The maximum absolute atomic E-state index is 11.9. The van der Waals surface area contributed by atoms with Gasteiger partial charge in [-0.3, -0.25) is 14.4 Å². The fourth-order valence-electron chi connectivity index (χ4n) is 1.86. The zero-order chi connectivity index (χ0) is 16.5. The van der Waals surface area contributed by atoms with E-state index in [4.69, 9.17) is 9.84 Å². The average molecular weight is 308 g/mol. The minimum atomic E-state index is -0.870. The molecule has 120 valence electrons. The summed E-state index contributed by atoms with van der Waals surface area (Å²) in [7, 11) is 1.48. The Balaban J connectivity index is 2.63. The molecule has 7 heteroatoms. The Hall–Kier alpha value is -2.57. The minimum Gasteiger partial charge on any atom is -0.495 e. The fraction of sp³-hybridized carbons (Fsp3) is 0.400. The first-order chi connectivity index (χ1) is 10.4. The lowest BCUT2D eigenvalue weighted by molar-refractivity contribution is -0.137. The molecule has 0 bridgehead atoms. The first-order valence-corrected chi connectivity index (χ1v) is 6.89. The van der Waals surface area contributed by atoms with Crippen LogP contribution >= 0.6 is 0 Å². The molecule has 7 nitrogen and oxygen atoms in total. The standard InChI is InChI=1S/C15H20N2O5/c1-10(18)16-11-7-8-13(22-2)12(9-11)17-14(19)5-3-4-6-15(20)21/h7-9H,3-6H2,1-2H3,(H,16,18)(H,17,19)(H,20,21). The Labute approximate surface area is 128 Å². The number of amides is 2. The van der Waals surface area contributed by atoms with E-state index >= 15 is 0 Å². The summed E-state index contributed by atoms with van der Waals surface area (Å²) in [4.78, 5) is 33.3. The van der Waals surface area contributed by atoms with E-state index in [1.54, 1.807) is 18.2 Å². The smallest absolute Gasteiger partial charge is 0.303 e. The fourth-order valence-corrected chi connectivity index (χ4v) is 1.86. The quantitative estimate of drug-likeness (QED) is 0.639. The van der Waals surface area contributed by atoms with E-state index < -0.39 is 5.97 Å². The van der Waals surface area contributed by atoms with Crippen molar-refractivity contribution in [2.75, 3.05) is 17.7 Å². The normalized spacial score (nSPS) is 9.91. The van der Waals surface area contributed by atoms with E-state index in [9.17, 15) is 14.4 Å². The van der Waals surface area contributed by atoms with Crippen molar-refractivity contribution in [2.45, 2.75) is 32.6 Å². The van der Waals surface area contributed by atoms with Gasteiger partial charge in [0.15, 0.2) is 0 Å². The van der Waals surface area contributed by atoms with Crippen LogP contribution in [0.2, 0.25) is 0 Å². The Bertz CT molecular complexity index is 557. The number of hydrogen-bond donors (Lipinski definition) is 3. The third kappa shape index (κ3) is 6.25. The zero-order valence-corrected chi connectivity index (χ0v) is 12.6. The van der Waals surface area contributed by atoms with Crippen LogP contribution in [-0.2, 0) is 14.4 Å². The Morgan fingerprint density at radius 2 is 1.82 bits per heavy atom. The van der Waals surface area contributed by atoms with Gasteiger partial charge in [0.2, 0.25) is 11.8 Å². The molecule has 3 N–H and O–H groups in total. The van der Waals surface area contributed by atoms with Gasteiger partial charge < -0.3 is 20.5 Å². The molecule has 0 aromatic heterocycles. The van der Waals surface area contributed by atoms with Crippen molar-refractivity contribution in [3.8, 4) is 5.75 Å². The average Bonchev–Trinajstić information content (AvgIpc) is 2.43. The molecule has 0 spiro atoms. The number of hydrogen-bond acceptors (Lipinski definition) is 4. The lowest BCUT2D eigenvalue weighted by Crippen LogP contribution is -2.13. The molecule has 1 aromatic carbocycles. The lowest BCUT2D eigenvalue weighted by Gasteiger charge is -2.12. The molecule has 1 aromatic rings. The number of nitrogens with one attached hydrogen (secondary N) is 2. The summed E-state index contributed by atoms with van der Waals surface area (Å²) in [5.74, 6) is -0.835. The number of carbonyl (C=O) groups is 3. The number of aliphatic carboxylic acids is 1. The van der Waals surface area contributed by atoms with Gasteiger partial charge in [-0.2, -0.15) is 0 Å². The van der Waals surface area contributed by atoms with Crippen LogP contribution in [0.5, 0.6) is 5.75 Å². The summed E-state index contributed by atoms with van der Waals surface area (Å²) in [5, 5.41) is 13.9. The number of carbonyl (C=O) groups excluding carboxylic acids is 2. The summed E-state index contributed by atoms with van der Waals surface area (Å²) in [6, 6.07) is 4.92. The zero-order valence-electron chi connectivity index (χ0n) is 12.6. The van der Waals surface area contributed by atoms with Crippen molar-refractivity contribution in [3.05, 3.63) is 18.2 Å². The molecular weight excluding hydrogens is 288 g/mol. The molecule has 0 saturated heterocycles.